The topological polar surface area (TPSA) is 55.8 Å². The van der Waals surface area contributed by atoms with Gasteiger partial charge in [0, 0.05) is 25.7 Å². The molecule has 1 rings (SSSR count). The van der Waals surface area contributed by atoms with Crippen LogP contribution in [0.2, 0.25) is 0 Å². The smallest absolute Gasteiger partial charge is 0.322 e. The summed E-state index contributed by atoms with van der Waals surface area (Å²) in [7, 11) is 6.00. The van der Waals surface area contributed by atoms with Gasteiger partial charge in [0.05, 0.1) is 0 Å². The highest BCUT2D eigenvalue weighted by Crippen LogP contribution is 2.19. The van der Waals surface area contributed by atoms with Gasteiger partial charge < -0.3 is 20.2 Å². The molecule has 1 aliphatic rings. The molecular formula is C11H23N3O2. The van der Waals surface area contributed by atoms with Crippen molar-refractivity contribution in [3.8, 4) is 0 Å². The lowest BCUT2D eigenvalue weighted by atomic mass is 10.2. The van der Waals surface area contributed by atoms with Crippen molar-refractivity contribution in [2.24, 2.45) is 0 Å². The van der Waals surface area contributed by atoms with Gasteiger partial charge in [-0.3, -0.25) is 4.79 Å². The first-order valence-electron chi connectivity index (χ1n) is 5.81. The van der Waals surface area contributed by atoms with E-state index in [2.05, 4.69) is 15.1 Å². The van der Waals surface area contributed by atoms with E-state index >= 15 is 0 Å². The van der Waals surface area contributed by atoms with Gasteiger partial charge in [0.15, 0.2) is 0 Å². The lowest BCUT2D eigenvalue weighted by Crippen LogP contribution is -2.47. The number of carbonyl (C=O) groups is 1. The largest absolute Gasteiger partial charge is 0.480 e. The van der Waals surface area contributed by atoms with Gasteiger partial charge in [0.2, 0.25) is 0 Å². The molecule has 1 unspecified atom stereocenters. The maximum atomic E-state index is 11.0. The molecule has 0 aliphatic heterocycles. The van der Waals surface area contributed by atoms with Crippen molar-refractivity contribution in [3.05, 3.63) is 0 Å². The zero-order valence-corrected chi connectivity index (χ0v) is 10.4. The Hall–Kier alpha value is -0.650. The van der Waals surface area contributed by atoms with Crippen molar-refractivity contribution in [3.63, 3.8) is 0 Å². The average Bonchev–Trinajstić information content (AvgIpc) is 2.97. The van der Waals surface area contributed by atoms with E-state index in [1.807, 2.05) is 21.1 Å². The van der Waals surface area contributed by atoms with E-state index in [-0.39, 0.29) is 0 Å². The number of carboxylic acids is 1. The average molecular weight is 229 g/mol. The standard InChI is InChI=1S/C11H23N3O2/c1-13(2)6-7-14(3)8-10(11(15)16)12-9-4-5-9/h9-10,12H,4-8H2,1-3H3,(H,15,16). The molecule has 1 aliphatic carbocycles. The predicted molar refractivity (Wildman–Crippen MR) is 63.6 cm³/mol. The summed E-state index contributed by atoms with van der Waals surface area (Å²) in [4.78, 5) is 15.2. The highest BCUT2D eigenvalue weighted by molar-refractivity contribution is 5.73. The van der Waals surface area contributed by atoms with Gasteiger partial charge >= 0.3 is 5.97 Å². The first-order chi connectivity index (χ1) is 7.49. The Morgan fingerprint density at radius 2 is 2.00 bits per heavy atom. The maximum Gasteiger partial charge on any atom is 0.322 e. The number of aliphatic carboxylic acids is 1. The molecule has 1 saturated carbocycles. The Labute approximate surface area is 97.4 Å². The van der Waals surface area contributed by atoms with E-state index in [1.54, 1.807) is 0 Å². The lowest BCUT2D eigenvalue weighted by molar-refractivity contribution is -0.140. The Kier molecular flexibility index (Phi) is 5.18. The summed E-state index contributed by atoms with van der Waals surface area (Å²) in [5.41, 5.74) is 0. The van der Waals surface area contributed by atoms with Crippen LogP contribution in [0.3, 0.4) is 0 Å². The molecule has 0 saturated heterocycles. The van der Waals surface area contributed by atoms with Crippen LogP contribution in [0.5, 0.6) is 0 Å². The summed E-state index contributed by atoms with van der Waals surface area (Å²) < 4.78 is 0. The van der Waals surface area contributed by atoms with Gasteiger partial charge in [0.1, 0.15) is 6.04 Å². The van der Waals surface area contributed by atoms with Crippen LogP contribution in [0.4, 0.5) is 0 Å². The van der Waals surface area contributed by atoms with Crippen molar-refractivity contribution in [2.45, 2.75) is 24.9 Å². The van der Waals surface area contributed by atoms with Crippen molar-refractivity contribution in [2.75, 3.05) is 40.8 Å². The fourth-order valence-electron chi connectivity index (χ4n) is 1.51. The van der Waals surface area contributed by atoms with E-state index in [9.17, 15) is 4.79 Å². The molecule has 0 radical (unpaired) electrons. The monoisotopic (exact) mass is 229 g/mol. The van der Waals surface area contributed by atoms with Crippen molar-refractivity contribution in [1.29, 1.82) is 0 Å². The quantitative estimate of drug-likeness (QED) is 0.598. The summed E-state index contributed by atoms with van der Waals surface area (Å²) in [6, 6.07) is 0.00279. The van der Waals surface area contributed by atoms with Crippen LogP contribution in [-0.4, -0.2) is 73.7 Å². The number of hydrogen-bond donors (Lipinski definition) is 2. The first-order valence-corrected chi connectivity index (χ1v) is 5.81. The molecule has 2 N–H and O–H groups in total. The second-order valence-corrected chi connectivity index (χ2v) is 4.90. The second-order valence-electron chi connectivity index (χ2n) is 4.90. The molecule has 0 bridgehead atoms. The molecule has 1 atom stereocenters. The predicted octanol–water partition coefficient (Wildman–Crippen LogP) is -0.315. The third-order valence-corrected chi connectivity index (χ3v) is 2.74. The molecule has 5 nitrogen and oxygen atoms in total. The minimum atomic E-state index is -0.747. The molecule has 0 aromatic carbocycles. The van der Waals surface area contributed by atoms with Crippen LogP contribution < -0.4 is 5.32 Å². The lowest BCUT2D eigenvalue weighted by Gasteiger charge is -2.23. The van der Waals surface area contributed by atoms with Crippen LogP contribution in [0.25, 0.3) is 0 Å². The molecule has 0 amide bonds. The van der Waals surface area contributed by atoms with Crippen LogP contribution in [0.1, 0.15) is 12.8 Å². The third-order valence-electron chi connectivity index (χ3n) is 2.74. The maximum absolute atomic E-state index is 11.0. The minimum Gasteiger partial charge on any atom is -0.480 e. The number of nitrogens with zero attached hydrogens (tertiary/aromatic N) is 2. The molecule has 94 valence electrons. The third kappa shape index (κ3) is 5.44. The summed E-state index contributed by atoms with van der Waals surface area (Å²) >= 11 is 0. The zero-order chi connectivity index (χ0) is 12.1. The van der Waals surface area contributed by atoms with E-state index < -0.39 is 12.0 Å². The number of rotatable bonds is 8. The minimum absolute atomic E-state index is 0.431. The molecule has 1 fully saturated rings. The molecule has 5 heteroatoms. The van der Waals surface area contributed by atoms with Gasteiger partial charge in [-0.25, -0.2) is 0 Å². The Balaban J connectivity index is 2.26. The molecule has 0 heterocycles. The second kappa shape index (κ2) is 6.18. The fourth-order valence-corrected chi connectivity index (χ4v) is 1.51. The number of hydrogen-bond acceptors (Lipinski definition) is 4. The van der Waals surface area contributed by atoms with Gasteiger partial charge in [-0.2, -0.15) is 0 Å². The highest BCUT2D eigenvalue weighted by atomic mass is 16.4. The van der Waals surface area contributed by atoms with E-state index in [4.69, 9.17) is 5.11 Å². The molecule has 0 spiro atoms. The van der Waals surface area contributed by atoms with Crippen LogP contribution in [0.15, 0.2) is 0 Å². The van der Waals surface area contributed by atoms with Gasteiger partial charge in [-0.15, -0.1) is 0 Å². The number of carboxylic acid groups (broad SMARTS) is 1. The van der Waals surface area contributed by atoms with Gasteiger partial charge in [-0.05, 0) is 34.0 Å². The van der Waals surface area contributed by atoms with Gasteiger partial charge in [0.25, 0.3) is 0 Å². The van der Waals surface area contributed by atoms with E-state index in [0.717, 1.165) is 25.9 Å². The fraction of sp³-hybridized carbons (Fsp3) is 0.909. The summed E-state index contributed by atoms with van der Waals surface area (Å²) in [5, 5.41) is 12.2. The van der Waals surface area contributed by atoms with Crippen molar-refractivity contribution >= 4 is 5.97 Å². The Morgan fingerprint density at radius 3 is 2.44 bits per heavy atom. The molecule has 0 aromatic rings. The Morgan fingerprint density at radius 1 is 1.38 bits per heavy atom. The zero-order valence-electron chi connectivity index (χ0n) is 10.4. The van der Waals surface area contributed by atoms with Gasteiger partial charge in [-0.1, -0.05) is 0 Å². The van der Waals surface area contributed by atoms with Crippen molar-refractivity contribution in [1.82, 2.24) is 15.1 Å². The summed E-state index contributed by atoms with van der Waals surface area (Å²) in [6.07, 6.45) is 2.23. The highest BCUT2D eigenvalue weighted by Gasteiger charge is 2.28. The Bertz CT molecular complexity index is 229. The van der Waals surface area contributed by atoms with Crippen molar-refractivity contribution < 1.29 is 9.90 Å². The number of likely N-dealkylation sites (N-methyl/N-ethyl adjacent to an activating group) is 2. The molecule has 16 heavy (non-hydrogen) atoms. The van der Waals surface area contributed by atoms with Crippen LogP contribution >= 0.6 is 0 Å². The van der Waals surface area contributed by atoms with Crippen LogP contribution in [0, 0.1) is 0 Å². The number of nitrogens with one attached hydrogen (secondary N) is 1. The summed E-state index contributed by atoms with van der Waals surface area (Å²) in [6.45, 7) is 2.41. The molecule has 0 aromatic heterocycles. The summed E-state index contributed by atoms with van der Waals surface area (Å²) in [5.74, 6) is -0.747. The van der Waals surface area contributed by atoms with Crippen LogP contribution in [-0.2, 0) is 4.79 Å². The normalized spacial score (nSPS) is 18.1. The van der Waals surface area contributed by atoms with E-state index in [0.29, 0.717) is 12.6 Å². The van der Waals surface area contributed by atoms with E-state index in [1.165, 1.54) is 0 Å². The molecular weight excluding hydrogens is 206 g/mol. The first kappa shape index (κ1) is 13.4. The SMILES string of the molecule is CN(C)CCN(C)CC(NC1CC1)C(=O)O.